The SMILES string of the molecule is CC(NC(=O)CCN1C(=O)CCC1=O)c1ccc(-n2cncn2)cc1. The number of hydrogen-bond donors (Lipinski definition) is 1. The molecule has 0 radical (unpaired) electrons. The molecule has 1 saturated heterocycles. The Labute approximate surface area is 144 Å². The van der Waals surface area contributed by atoms with Crippen molar-refractivity contribution in [3.05, 3.63) is 42.5 Å². The van der Waals surface area contributed by atoms with E-state index in [1.54, 1.807) is 11.0 Å². The van der Waals surface area contributed by atoms with Gasteiger partial charge >= 0.3 is 0 Å². The third kappa shape index (κ3) is 3.90. The molecule has 25 heavy (non-hydrogen) atoms. The van der Waals surface area contributed by atoms with E-state index in [1.165, 1.54) is 6.33 Å². The number of carbonyl (C=O) groups excluding carboxylic acids is 3. The average Bonchev–Trinajstić information content (AvgIpc) is 3.24. The lowest BCUT2D eigenvalue weighted by atomic mass is 10.1. The second kappa shape index (κ2) is 7.25. The third-order valence-electron chi connectivity index (χ3n) is 4.17. The van der Waals surface area contributed by atoms with Crippen LogP contribution in [0.15, 0.2) is 36.9 Å². The molecule has 8 heteroatoms. The highest BCUT2D eigenvalue weighted by atomic mass is 16.2. The van der Waals surface area contributed by atoms with Gasteiger partial charge in [0.25, 0.3) is 0 Å². The minimum absolute atomic E-state index is 0.110. The van der Waals surface area contributed by atoms with Gasteiger partial charge in [-0.2, -0.15) is 5.10 Å². The standard InChI is InChI=1S/C17H19N5O3/c1-12(13-2-4-14(5-3-13)22-11-18-10-19-22)20-15(23)8-9-21-16(24)6-7-17(21)25/h2-5,10-12H,6-9H2,1H3,(H,20,23). The molecule has 3 amide bonds. The summed E-state index contributed by atoms with van der Waals surface area (Å²) < 4.78 is 1.65. The maximum atomic E-state index is 12.1. The predicted molar refractivity (Wildman–Crippen MR) is 88.5 cm³/mol. The lowest BCUT2D eigenvalue weighted by Gasteiger charge is -2.17. The summed E-state index contributed by atoms with van der Waals surface area (Å²) in [5, 5.41) is 6.94. The number of hydrogen-bond acceptors (Lipinski definition) is 5. The lowest BCUT2D eigenvalue weighted by molar-refractivity contribution is -0.138. The summed E-state index contributed by atoms with van der Waals surface area (Å²) in [4.78, 5) is 40.2. The molecule has 0 aliphatic carbocycles. The molecular weight excluding hydrogens is 322 g/mol. The van der Waals surface area contributed by atoms with Crippen LogP contribution >= 0.6 is 0 Å². The molecule has 1 unspecified atom stereocenters. The van der Waals surface area contributed by atoms with Gasteiger partial charge in [0.15, 0.2) is 0 Å². The van der Waals surface area contributed by atoms with E-state index in [-0.39, 0.29) is 49.6 Å². The minimum atomic E-state index is -0.199. The molecule has 3 rings (SSSR count). The van der Waals surface area contributed by atoms with Crippen LogP contribution in [0.3, 0.4) is 0 Å². The molecule has 1 aromatic heterocycles. The molecule has 130 valence electrons. The third-order valence-corrected chi connectivity index (χ3v) is 4.17. The molecule has 1 fully saturated rings. The van der Waals surface area contributed by atoms with Gasteiger partial charge in [-0.1, -0.05) is 12.1 Å². The summed E-state index contributed by atoms with van der Waals surface area (Å²) in [6.45, 7) is 2.02. The summed E-state index contributed by atoms with van der Waals surface area (Å²) in [6.07, 6.45) is 3.68. The van der Waals surface area contributed by atoms with Crippen LogP contribution in [0.4, 0.5) is 0 Å². The Morgan fingerprint density at radius 3 is 2.48 bits per heavy atom. The Hall–Kier alpha value is -3.03. The van der Waals surface area contributed by atoms with E-state index in [9.17, 15) is 14.4 Å². The fraction of sp³-hybridized carbons (Fsp3) is 0.353. The average molecular weight is 341 g/mol. The van der Waals surface area contributed by atoms with E-state index in [1.807, 2.05) is 31.2 Å². The van der Waals surface area contributed by atoms with Gasteiger partial charge in [0.1, 0.15) is 12.7 Å². The highest BCUT2D eigenvalue weighted by Crippen LogP contribution is 2.16. The van der Waals surface area contributed by atoms with E-state index in [0.29, 0.717) is 0 Å². The second-order valence-corrected chi connectivity index (χ2v) is 5.91. The largest absolute Gasteiger partial charge is 0.350 e. The number of amides is 3. The van der Waals surface area contributed by atoms with Crippen LogP contribution in [0.25, 0.3) is 5.69 Å². The zero-order valence-electron chi connectivity index (χ0n) is 13.9. The van der Waals surface area contributed by atoms with Crippen molar-refractivity contribution in [2.24, 2.45) is 0 Å². The first-order valence-electron chi connectivity index (χ1n) is 8.12. The Morgan fingerprint density at radius 1 is 1.20 bits per heavy atom. The summed E-state index contributed by atoms with van der Waals surface area (Å²) in [7, 11) is 0. The number of rotatable bonds is 6. The maximum Gasteiger partial charge on any atom is 0.229 e. The van der Waals surface area contributed by atoms with E-state index in [0.717, 1.165) is 16.2 Å². The van der Waals surface area contributed by atoms with Crippen molar-refractivity contribution >= 4 is 17.7 Å². The molecule has 2 aromatic rings. The maximum absolute atomic E-state index is 12.1. The van der Waals surface area contributed by atoms with E-state index in [4.69, 9.17) is 0 Å². The monoisotopic (exact) mass is 341 g/mol. The Bertz CT molecular complexity index is 754. The van der Waals surface area contributed by atoms with Crippen LogP contribution in [0, 0.1) is 0 Å². The smallest absolute Gasteiger partial charge is 0.229 e. The fourth-order valence-electron chi connectivity index (χ4n) is 2.74. The molecule has 8 nitrogen and oxygen atoms in total. The first-order valence-corrected chi connectivity index (χ1v) is 8.12. The highest BCUT2D eigenvalue weighted by Gasteiger charge is 2.28. The molecule has 1 aliphatic heterocycles. The van der Waals surface area contributed by atoms with Crippen molar-refractivity contribution in [2.45, 2.75) is 32.2 Å². The van der Waals surface area contributed by atoms with Crippen molar-refractivity contribution in [2.75, 3.05) is 6.54 Å². The van der Waals surface area contributed by atoms with Crippen LogP contribution in [0.2, 0.25) is 0 Å². The number of nitrogens with zero attached hydrogens (tertiary/aromatic N) is 4. The van der Waals surface area contributed by atoms with Gasteiger partial charge in [-0.05, 0) is 24.6 Å². The van der Waals surface area contributed by atoms with Crippen molar-refractivity contribution in [1.29, 1.82) is 0 Å². The van der Waals surface area contributed by atoms with Crippen LogP contribution in [-0.4, -0.2) is 43.9 Å². The van der Waals surface area contributed by atoms with Crippen LogP contribution in [0.5, 0.6) is 0 Å². The quantitative estimate of drug-likeness (QED) is 0.790. The normalized spacial score (nSPS) is 15.5. The number of likely N-dealkylation sites (tertiary alicyclic amines) is 1. The molecule has 2 heterocycles. The number of nitrogens with one attached hydrogen (secondary N) is 1. The summed E-state index contributed by atoms with van der Waals surface area (Å²) in [6, 6.07) is 7.44. The first-order chi connectivity index (χ1) is 12.0. The topological polar surface area (TPSA) is 97.2 Å². The predicted octanol–water partition coefficient (Wildman–Crippen LogP) is 0.984. The zero-order chi connectivity index (χ0) is 17.8. The number of benzene rings is 1. The van der Waals surface area contributed by atoms with E-state index >= 15 is 0 Å². The number of imide groups is 1. The molecule has 0 bridgehead atoms. The van der Waals surface area contributed by atoms with Crippen LogP contribution < -0.4 is 5.32 Å². The highest BCUT2D eigenvalue weighted by molar-refractivity contribution is 6.02. The Morgan fingerprint density at radius 2 is 1.88 bits per heavy atom. The van der Waals surface area contributed by atoms with E-state index < -0.39 is 0 Å². The fourth-order valence-corrected chi connectivity index (χ4v) is 2.74. The number of carbonyl (C=O) groups is 3. The summed E-state index contributed by atoms with van der Waals surface area (Å²) in [5.74, 6) is -0.593. The zero-order valence-corrected chi connectivity index (χ0v) is 13.9. The van der Waals surface area contributed by atoms with Gasteiger partial charge in [0.05, 0.1) is 11.7 Å². The van der Waals surface area contributed by atoms with Crippen molar-refractivity contribution in [1.82, 2.24) is 25.0 Å². The second-order valence-electron chi connectivity index (χ2n) is 5.91. The van der Waals surface area contributed by atoms with Gasteiger partial charge in [0.2, 0.25) is 17.7 Å². The van der Waals surface area contributed by atoms with Gasteiger partial charge in [-0.15, -0.1) is 0 Å². The molecular formula is C17H19N5O3. The molecule has 1 atom stereocenters. The minimum Gasteiger partial charge on any atom is -0.350 e. The molecule has 1 N–H and O–H groups in total. The Balaban J connectivity index is 1.53. The molecule has 1 aliphatic rings. The lowest BCUT2D eigenvalue weighted by Crippen LogP contribution is -2.34. The van der Waals surface area contributed by atoms with Crippen molar-refractivity contribution in [3.63, 3.8) is 0 Å². The summed E-state index contributed by atoms with van der Waals surface area (Å²) in [5.41, 5.74) is 1.83. The molecule has 1 aromatic carbocycles. The van der Waals surface area contributed by atoms with Crippen molar-refractivity contribution < 1.29 is 14.4 Å². The molecule has 0 saturated carbocycles. The first kappa shape index (κ1) is 16.8. The van der Waals surface area contributed by atoms with Crippen LogP contribution in [-0.2, 0) is 14.4 Å². The number of aromatic nitrogens is 3. The van der Waals surface area contributed by atoms with E-state index in [2.05, 4.69) is 15.4 Å². The van der Waals surface area contributed by atoms with Gasteiger partial charge in [0, 0.05) is 25.8 Å². The van der Waals surface area contributed by atoms with Gasteiger partial charge in [-0.25, -0.2) is 9.67 Å². The van der Waals surface area contributed by atoms with Crippen molar-refractivity contribution in [3.8, 4) is 5.69 Å². The van der Waals surface area contributed by atoms with Gasteiger partial charge in [-0.3, -0.25) is 19.3 Å². The Kier molecular flexibility index (Phi) is 4.87. The molecule has 0 spiro atoms. The van der Waals surface area contributed by atoms with Gasteiger partial charge < -0.3 is 5.32 Å². The summed E-state index contributed by atoms with van der Waals surface area (Å²) >= 11 is 0. The van der Waals surface area contributed by atoms with Crippen LogP contribution in [0.1, 0.15) is 37.8 Å².